The van der Waals surface area contributed by atoms with Crippen LogP contribution in [-0.2, 0) is 6.54 Å². The molecule has 16 heavy (non-hydrogen) atoms. The van der Waals surface area contributed by atoms with Crippen LogP contribution >= 0.6 is 0 Å². The molecule has 0 heterocycles. The summed E-state index contributed by atoms with van der Waals surface area (Å²) < 4.78 is 0. The maximum absolute atomic E-state index is 3.66. The number of benzene rings is 1. The van der Waals surface area contributed by atoms with E-state index < -0.39 is 0 Å². The van der Waals surface area contributed by atoms with Crippen molar-refractivity contribution in [3.05, 3.63) is 34.9 Å². The van der Waals surface area contributed by atoms with Crippen LogP contribution in [0.15, 0.2) is 18.2 Å². The number of rotatable bonds is 4. The summed E-state index contributed by atoms with van der Waals surface area (Å²) in [5.41, 5.74) is 4.21. The van der Waals surface area contributed by atoms with E-state index in [0.29, 0.717) is 6.04 Å². The summed E-state index contributed by atoms with van der Waals surface area (Å²) in [5, 5.41) is 3.66. The molecule has 0 aromatic heterocycles. The predicted octanol–water partition coefficient (Wildman–Crippen LogP) is 3.58. The lowest BCUT2D eigenvalue weighted by atomic mass is 9.80. The van der Waals surface area contributed by atoms with Crippen LogP contribution in [0.4, 0.5) is 0 Å². The van der Waals surface area contributed by atoms with Gasteiger partial charge in [-0.05, 0) is 50.7 Å². The highest BCUT2D eigenvalue weighted by Gasteiger charge is 2.23. The van der Waals surface area contributed by atoms with Gasteiger partial charge in [0.25, 0.3) is 0 Å². The van der Waals surface area contributed by atoms with E-state index in [0.717, 1.165) is 12.5 Å². The quantitative estimate of drug-likeness (QED) is 0.813. The van der Waals surface area contributed by atoms with Crippen molar-refractivity contribution in [2.24, 2.45) is 5.92 Å². The first-order valence-corrected chi connectivity index (χ1v) is 6.46. The van der Waals surface area contributed by atoms with E-state index in [1.54, 1.807) is 0 Å². The fourth-order valence-corrected chi connectivity index (χ4v) is 2.42. The Morgan fingerprint density at radius 3 is 2.62 bits per heavy atom. The topological polar surface area (TPSA) is 12.0 Å². The maximum Gasteiger partial charge on any atom is 0.0210 e. The molecule has 1 nitrogen and oxygen atoms in total. The minimum absolute atomic E-state index is 0.675. The average molecular weight is 217 g/mol. The van der Waals surface area contributed by atoms with E-state index in [2.05, 4.69) is 44.3 Å². The third kappa shape index (κ3) is 2.65. The third-order valence-electron chi connectivity index (χ3n) is 3.97. The monoisotopic (exact) mass is 217 g/mol. The largest absolute Gasteiger partial charge is 0.310 e. The first-order valence-electron chi connectivity index (χ1n) is 6.46. The Morgan fingerprint density at radius 2 is 2.06 bits per heavy atom. The van der Waals surface area contributed by atoms with Gasteiger partial charge < -0.3 is 5.32 Å². The van der Waals surface area contributed by atoms with Gasteiger partial charge in [-0.15, -0.1) is 0 Å². The Hall–Kier alpha value is -0.820. The lowest BCUT2D eigenvalue weighted by Crippen LogP contribution is -2.36. The molecule has 1 atom stereocenters. The van der Waals surface area contributed by atoms with E-state index in [9.17, 15) is 0 Å². The van der Waals surface area contributed by atoms with E-state index >= 15 is 0 Å². The maximum atomic E-state index is 3.66. The summed E-state index contributed by atoms with van der Waals surface area (Å²) in [5.74, 6) is 0.922. The molecule has 0 amide bonds. The highest BCUT2D eigenvalue weighted by Crippen LogP contribution is 2.29. The second kappa shape index (κ2) is 5.01. The lowest BCUT2D eigenvalue weighted by molar-refractivity contribution is 0.240. The van der Waals surface area contributed by atoms with Gasteiger partial charge in [-0.1, -0.05) is 30.2 Å². The molecule has 0 aliphatic heterocycles. The number of nitrogens with one attached hydrogen (secondary N) is 1. The molecule has 1 heteroatoms. The minimum atomic E-state index is 0.675. The Balaban J connectivity index is 1.88. The molecule has 2 rings (SSSR count). The van der Waals surface area contributed by atoms with Gasteiger partial charge in [0.2, 0.25) is 0 Å². The number of hydrogen-bond donors (Lipinski definition) is 1. The zero-order valence-corrected chi connectivity index (χ0v) is 10.7. The van der Waals surface area contributed by atoms with E-state index in [-0.39, 0.29) is 0 Å². The SMILES string of the molecule is Cc1ccc(CNC(C)C2CCC2)c(C)c1. The van der Waals surface area contributed by atoms with Gasteiger partial charge in [0.15, 0.2) is 0 Å². The Labute approximate surface area is 99.3 Å². The van der Waals surface area contributed by atoms with Crippen molar-refractivity contribution in [2.45, 2.75) is 52.6 Å². The molecule has 1 saturated carbocycles. The molecular weight excluding hydrogens is 194 g/mol. The van der Waals surface area contributed by atoms with E-state index in [4.69, 9.17) is 0 Å². The van der Waals surface area contributed by atoms with Gasteiger partial charge >= 0.3 is 0 Å². The molecule has 1 aliphatic rings. The van der Waals surface area contributed by atoms with E-state index in [1.165, 1.54) is 36.0 Å². The summed E-state index contributed by atoms with van der Waals surface area (Å²) >= 11 is 0. The molecule has 1 N–H and O–H groups in total. The summed E-state index contributed by atoms with van der Waals surface area (Å²) in [7, 11) is 0. The molecule has 1 aliphatic carbocycles. The van der Waals surface area contributed by atoms with Crippen LogP contribution in [0.3, 0.4) is 0 Å². The number of aryl methyl sites for hydroxylation is 2. The normalized spacial score (nSPS) is 18.2. The second-order valence-corrected chi connectivity index (χ2v) is 5.29. The van der Waals surface area contributed by atoms with Gasteiger partial charge in [0.1, 0.15) is 0 Å². The molecule has 0 radical (unpaired) electrons. The second-order valence-electron chi connectivity index (χ2n) is 5.29. The fourth-order valence-electron chi connectivity index (χ4n) is 2.42. The fraction of sp³-hybridized carbons (Fsp3) is 0.600. The summed E-state index contributed by atoms with van der Waals surface area (Å²) in [6, 6.07) is 7.41. The van der Waals surface area contributed by atoms with Crippen LogP contribution in [-0.4, -0.2) is 6.04 Å². The molecule has 0 spiro atoms. The van der Waals surface area contributed by atoms with Crippen molar-refractivity contribution in [1.82, 2.24) is 5.32 Å². The zero-order chi connectivity index (χ0) is 11.5. The molecule has 1 aromatic carbocycles. The highest BCUT2D eigenvalue weighted by atomic mass is 14.9. The van der Waals surface area contributed by atoms with Crippen molar-refractivity contribution in [2.75, 3.05) is 0 Å². The Kier molecular flexibility index (Phi) is 3.65. The Bertz CT molecular complexity index is 352. The molecule has 1 unspecified atom stereocenters. The predicted molar refractivity (Wildman–Crippen MR) is 69.6 cm³/mol. The number of hydrogen-bond acceptors (Lipinski definition) is 1. The standard InChI is InChI=1S/C15H23N/c1-11-7-8-15(12(2)9-11)10-16-13(3)14-5-4-6-14/h7-9,13-14,16H,4-6,10H2,1-3H3. The van der Waals surface area contributed by atoms with Crippen LogP contribution in [0.25, 0.3) is 0 Å². The van der Waals surface area contributed by atoms with Crippen LogP contribution in [0, 0.1) is 19.8 Å². The van der Waals surface area contributed by atoms with Crippen LogP contribution in [0.1, 0.15) is 42.9 Å². The van der Waals surface area contributed by atoms with Gasteiger partial charge in [-0.2, -0.15) is 0 Å². The summed E-state index contributed by atoms with van der Waals surface area (Å²) in [6.07, 6.45) is 4.27. The lowest BCUT2D eigenvalue weighted by Gasteiger charge is -2.32. The molecule has 0 bridgehead atoms. The van der Waals surface area contributed by atoms with Crippen LogP contribution in [0.5, 0.6) is 0 Å². The van der Waals surface area contributed by atoms with Gasteiger partial charge in [-0.25, -0.2) is 0 Å². The smallest absolute Gasteiger partial charge is 0.0210 e. The van der Waals surface area contributed by atoms with Crippen molar-refractivity contribution in [3.8, 4) is 0 Å². The first-order chi connectivity index (χ1) is 7.66. The van der Waals surface area contributed by atoms with Crippen LogP contribution < -0.4 is 5.32 Å². The van der Waals surface area contributed by atoms with Crippen molar-refractivity contribution < 1.29 is 0 Å². The average Bonchev–Trinajstić information content (AvgIpc) is 2.13. The Morgan fingerprint density at radius 1 is 1.31 bits per heavy atom. The molecule has 0 saturated heterocycles. The summed E-state index contributed by atoms with van der Waals surface area (Å²) in [6.45, 7) is 7.70. The van der Waals surface area contributed by atoms with E-state index in [1.807, 2.05) is 0 Å². The van der Waals surface area contributed by atoms with Crippen molar-refractivity contribution in [3.63, 3.8) is 0 Å². The summed E-state index contributed by atoms with van der Waals surface area (Å²) in [4.78, 5) is 0. The third-order valence-corrected chi connectivity index (χ3v) is 3.97. The highest BCUT2D eigenvalue weighted by molar-refractivity contribution is 5.30. The first kappa shape index (κ1) is 11.7. The van der Waals surface area contributed by atoms with Gasteiger partial charge in [0, 0.05) is 12.6 Å². The zero-order valence-electron chi connectivity index (χ0n) is 10.7. The van der Waals surface area contributed by atoms with Gasteiger partial charge in [0.05, 0.1) is 0 Å². The van der Waals surface area contributed by atoms with Gasteiger partial charge in [-0.3, -0.25) is 0 Å². The molecule has 1 fully saturated rings. The van der Waals surface area contributed by atoms with Crippen molar-refractivity contribution >= 4 is 0 Å². The molecular formula is C15H23N. The molecule has 88 valence electrons. The minimum Gasteiger partial charge on any atom is -0.310 e. The van der Waals surface area contributed by atoms with Crippen molar-refractivity contribution in [1.29, 1.82) is 0 Å². The molecule has 1 aromatic rings. The van der Waals surface area contributed by atoms with Crippen LogP contribution in [0.2, 0.25) is 0 Å².